The van der Waals surface area contributed by atoms with Gasteiger partial charge in [-0.05, 0) is 83.9 Å². The summed E-state index contributed by atoms with van der Waals surface area (Å²) in [6.07, 6.45) is 0. The molecule has 0 saturated heterocycles. The van der Waals surface area contributed by atoms with Crippen LogP contribution < -0.4 is 4.74 Å². The highest BCUT2D eigenvalue weighted by atomic mass is 16.5. The first-order valence-electron chi connectivity index (χ1n) is 18.2. The molecule has 0 unspecified atom stereocenters. The van der Waals surface area contributed by atoms with Crippen LogP contribution in [0.5, 0.6) is 5.75 Å². The van der Waals surface area contributed by atoms with Crippen LogP contribution in [0.4, 0.5) is 0 Å². The normalized spacial score (nSPS) is 11.3. The van der Waals surface area contributed by atoms with Crippen LogP contribution in [-0.2, 0) is 0 Å². The predicted molar refractivity (Wildman–Crippen MR) is 224 cm³/mol. The zero-order valence-corrected chi connectivity index (χ0v) is 29.6. The Morgan fingerprint density at radius 3 is 1.25 bits per heavy atom. The third kappa shape index (κ3) is 6.17. The lowest BCUT2D eigenvalue weighted by Gasteiger charge is -2.20. The molecular formula is C52H38O. The number of fused-ring (bicyclic) bond motifs is 3. The molecule has 0 N–H and O–H groups in total. The van der Waals surface area contributed by atoms with Crippen LogP contribution in [0.3, 0.4) is 0 Å². The number of methoxy groups -OCH3 is 1. The van der Waals surface area contributed by atoms with Crippen molar-refractivity contribution in [3.05, 3.63) is 223 Å². The zero-order valence-electron chi connectivity index (χ0n) is 29.6. The smallest absolute Gasteiger partial charge is 0.135 e. The third-order valence-electron chi connectivity index (χ3n) is 10.5. The van der Waals surface area contributed by atoms with Gasteiger partial charge in [0.05, 0.1) is 7.11 Å². The van der Waals surface area contributed by atoms with Crippen LogP contribution in [0.25, 0.3) is 66.1 Å². The Labute approximate surface area is 311 Å². The molecule has 0 spiro atoms. The summed E-state index contributed by atoms with van der Waals surface area (Å²) in [6, 6.07) is 74.5. The predicted octanol–water partition coefficient (Wildman–Crippen LogP) is 13.8. The molecule has 9 aromatic rings. The summed E-state index contributed by atoms with van der Waals surface area (Å²) in [7, 11) is 1.78. The van der Waals surface area contributed by atoms with Crippen LogP contribution in [0.15, 0.2) is 206 Å². The lowest BCUT2D eigenvalue weighted by Crippen LogP contribution is -2.03. The molecule has 9 rings (SSSR count). The van der Waals surface area contributed by atoms with E-state index in [2.05, 4.69) is 206 Å². The van der Waals surface area contributed by atoms with Gasteiger partial charge in [-0.1, -0.05) is 194 Å². The average molecular weight is 679 g/mol. The molecule has 0 aliphatic rings. The van der Waals surface area contributed by atoms with Crippen molar-refractivity contribution in [2.45, 2.75) is 5.92 Å². The van der Waals surface area contributed by atoms with Gasteiger partial charge in [0.25, 0.3) is 0 Å². The molecular weight excluding hydrogens is 641 g/mol. The summed E-state index contributed by atoms with van der Waals surface area (Å²) in [4.78, 5) is 0. The fourth-order valence-electron chi connectivity index (χ4n) is 7.96. The molecule has 0 aliphatic carbocycles. The summed E-state index contributed by atoms with van der Waals surface area (Å²) in [5.41, 5.74) is 13.3. The number of hydrogen-bond acceptors (Lipinski definition) is 1. The molecule has 0 amide bonds. The van der Waals surface area contributed by atoms with Gasteiger partial charge in [0.15, 0.2) is 0 Å². The molecule has 0 fully saturated rings. The molecule has 1 nitrogen and oxygen atoms in total. The van der Waals surface area contributed by atoms with Crippen LogP contribution in [0.2, 0.25) is 0 Å². The minimum Gasteiger partial charge on any atom is -0.495 e. The highest BCUT2D eigenvalue weighted by Gasteiger charge is 2.18. The van der Waals surface area contributed by atoms with Gasteiger partial charge in [0, 0.05) is 16.9 Å². The molecule has 0 radical (unpaired) electrons. The number of ether oxygens (including phenoxy) is 1. The Kier molecular flexibility index (Phi) is 8.60. The lowest BCUT2D eigenvalue weighted by atomic mass is 9.84. The van der Waals surface area contributed by atoms with Gasteiger partial charge in [-0.15, -0.1) is 0 Å². The summed E-state index contributed by atoms with van der Waals surface area (Å²) in [6.45, 7) is 0. The van der Waals surface area contributed by atoms with Crippen LogP contribution in [-0.4, -0.2) is 7.11 Å². The second-order valence-electron chi connectivity index (χ2n) is 13.6. The Morgan fingerprint density at radius 1 is 0.302 bits per heavy atom. The van der Waals surface area contributed by atoms with E-state index < -0.39 is 0 Å². The van der Waals surface area contributed by atoms with E-state index in [0.29, 0.717) is 0 Å². The fourth-order valence-corrected chi connectivity index (χ4v) is 7.96. The van der Waals surface area contributed by atoms with Crippen molar-refractivity contribution in [2.24, 2.45) is 0 Å². The van der Waals surface area contributed by atoms with Gasteiger partial charge < -0.3 is 4.74 Å². The van der Waals surface area contributed by atoms with Gasteiger partial charge in [-0.2, -0.15) is 0 Å². The summed E-state index contributed by atoms with van der Waals surface area (Å²) in [5.74, 6) is 1.07. The van der Waals surface area contributed by atoms with E-state index in [4.69, 9.17) is 4.74 Å². The van der Waals surface area contributed by atoms with Gasteiger partial charge in [0.1, 0.15) is 5.75 Å². The Bertz CT molecular complexity index is 2650. The van der Waals surface area contributed by atoms with Crippen LogP contribution in [0.1, 0.15) is 22.6 Å². The van der Waals surface area contributed by atoms with E-state index >= 15 is 0 Å². The highest BCUT2D eigenvalue weighted by Crippen LogP contribution is 2.44. The SMILES string of the molecule is COc1c(-c2ccc(-c3cccc(-c4cccc(-c5cccc(C(c6ccccc6)c6ccccc6)c5)c4)c3)cc2)c2ccccc2c2ccccc12. The molecule has 53 heavy (non-hydrogen) atoms. The number of hydrogen-bond donors (Lipinski definition) is 0. The maximum absolute atomic E-state index is 6.10. The maximum Gasteiger partial charge on any atom is 0.135 e. The lowest BCUT2D eigenvalue weighted by molar-refractivity contribution is 0.422. The van der Waals surface area contributed by atoms with Gasteiger partial charge >= 0.3 is 0 Å². The molecule has 0 bridgehead atoms. The topological polar surface area (TPSA) is 9.23 Å². The standard InChI is InChI=1S/C52H38O/c1-53-52-49-28-11-9-26-47(49)46-25-8-10-27-48(46)51(52)39-31-29-36(30-32-39)40-19-12-20-41(33-40)42-21-13-22-43(34-42)44-23-14-24-45(35-44)50(37-15-4-2-5-16-37)38-17-6-3-7-18-38/h2-35,50H,1H3. The quantitative estimate of drug-likeness (QED) is 0.115. The van der Waals surface area contributed by atoms with Gasteiger partial charge in [-0.25, -0.2) is 0 Å². The van der Waals surface area contributed by atoms with Gasteiger partial charge in [-0.3, -0.25) is 0 Å². The second kappa shape index (κ2) is 14.1. The molecule has 0 aliphatic heterocycles. The first-order chi connectivity index (χ1) is 26.2. The van der Waals surface area contributed by atoms with Crippen molar-refractivity contribution in [3.8, 4) is 50.3 Å². The fraction of sp³-hybridized carbons (Fsp3) is 0.0385. The Balaban J connectivity index is 1.04. The van der Waals surface area contributed by atoms with Crippen LogP contribution >= 0.6 is 0 Å². The molecule has 0 aromatic heterocycles. The molecule has 1 heteroatoms. The van der Waals surface area contributed by atoms with E-state index in [-0.39, 0.29) is 5.92 Å². The van der Waals surface area contributed by atoms with Crippen molar-refractivity contribution in [1.29, 1.82) is 0 Å². The van der Waals surface area contributed by atoms with Crippen molar-refractivity contribution in [3.63, 3.8) is 0 Å². The first-order valence-corrected chi connectivity index (χ1v) is 18.2. The second-order valence-corrected chi connectivity index (χ2v) is 13.6. The van der Waals surface area contributed by atoms with Crippen molar-refractivity contribution >= 4 is 21.5 Å². The molecule has 252 valence electrons. The third-order valence-corrected chi connectivity index (χ3v) is 10.5. The summed E-state index contributed by atoms with van der Waals surface area (Å²) >= 11 is 0. The Hall–Kier alpha value is -6.70. The number of rotatable bonds is 8. The van der Waals surface area contributed by atoms with E-state index in [1.807, 2.05) is 0 Å². The monoisotopic (exact) mass is 678 g/mol. The molecule has 0 heterocycles. The van der Waals surface area contributed by atoms with Gasteiger partial charge in [0.2, 0.25) is 0 Å². The summed E-state index contributed by atoms with van der Waals surface area (Å²) < 4.78 is 6.10. The molecule has 0 saturated carbocycles. The first kappa shape index (κ1) is 32.2. The van der Waals surface area contributed by atoms with Crippen LogP contribution in [0, 0.1) is 0 Å². The Morgan fingerprint density at radius 2 is 0.698 bits per heavy atom. The molecule has 0 atom stereocenters. The largest absolute Gasteiger partial charge is 0.495 e. The van der Waals surface area contributed by atoms with E-state index in [0.717, 1.165) is 22.3 Å². The van der Waals surface area contributed by atoms with E-state index in [9.17, 15) is 0 Å². The van der Waals surface area contributed by atoms with E-state index in [1.54, 1.807) is 7.11 Å². The van der Waals surface area contributed by atoms with Crippen molar-refractivity contribution in [1.82, 2.24) is 0 Å². The highest BCUT2D eigenvalue weighted by molar-refractivity contribution is 6.17. The van der Waals surface area contributed by atoms with Crippen molar-refractivity contribution < 1.29 is 4.74 Å². The maximum atomic E-state index is 6.10. The number of benzene rings is 9. The summed E-state index contributed by atoms with van der Waals surface area (Å²) in [5, 5.41) is 4.76. The minimum absolute atomic E-state index is 0.157. The molecule has 9 aromatic carbocycles. The minimum atomic E-state index is 0.157. The van der Waals surface area contributed by atoms with Crippen molar-refractivity contribution in [2.75, 3.05) is 7.11 Å². The van der Waals surface area contributed by atoms with E-state index in [1.165, 1.54) is 66.2 Å². The zero-order chi connectivity index (χ0) is 35.6. The average Bonchev–Trinajstić information content (AvgIpc) is 3.24.